The van der Waals surface area contributed by atoms with Crippen molar-refractivity contribution in [3.8, 4) is 0 Å². The molecule has 4 heteroatoms. The van der Waals surface area contributed by atoms with Gasteiger partial charge in [0.1, 0.15) is 6.10 Å². The number of hydrogen-bond acceptors (Lipinski definition) is 3. The Bertz CT molecular complexity index is 273. The Kier molecular flexibility index (Phi) is 3.25. The Labute approximate surface area is 76.2 Å². The van der Waals surface area contributed by atoms with Gasteiger partial charge in [-0.1, -0.05) is 37.3 Å². The maximum Gasteiger partial charge on any atom is 0.295 e. The van der Waals surface area contributed by atoms with Crippen LogP contribution >= 0.6 is 0 Å². The second-order valence-corrected chi connectivity index (χ2v) is 2.64. The lowest BCUT2D eigenvalue weighted by molar-refractivity contribution is -0.771. The molecular formula is C9H11NO3. The largest absolute Gasteiger partial charge is 0.306 e. The van der Waals surface area contributed by atoms with Crippen LogP contribution in [-0.2, 0) is 4.84 Å². The standard InChI is InChI=1S/C9H11NO3/c1-2-9(13-10(11)12)8-6-4-3-5-7-8/h3-7,9H,2H2,1H3. The van der Waals surface area contributed by atoms with Crippen LogP contribution in [0.25, 0.3) is 0 Å². The molecule has 1 atom stereocenters. The van der Waals surface area contributed by atoms with Gasteiger partial charge in [-0.3, -0.25) is 0 Å². The van der Waals surface area contributed by atoms with E-state index in [-0.39, 0.29) is 0 Å². The highest BCUT2D eigenvalue weighted by Gasteiger charge is 2.12. The third-order valence-corrected chi connectivity index (χ3v) is 1.76. The van der Waals surface area contributed by atoms with E-state index in [1.807, 2.05) is 37.3 Å². The molecule has 0 fully saturated rings. The van der Waals surface area contributed by atoms with Gasteiger partial charge in [0.25, 0.3) is 5.09 Å². The fourth-order valence-electron chi connectivity index (χ4n) is 1.14. The summed E-state index contributed by atoms with van der Waals surface area (Å²) in [6, 6.07) is 9.17. The minimum atomic E-state index is -0.749. The van der Waals surface area contributed by atoms with Crippen LogP contribution in [0, 0.1) is 10.1 Å². The fraction of sp³-hybridized carbons (Fsp3) is 0.333. The van der Waals surface area contributed by atoms with E-state index in [0.717, 1.165) is 5.56 Å². The van der Waals surface area contributed by atoms with E-state index in [1.165, 1.54) is 0 Å². The molecule has 0 amide bonds. The normalized spacial score (nSPS) is 12.1. The summed E-state index contributed by atoms with van der Waals surface area (Å²) in [5.74, 6) is 0. The lowest BCUT2D eigenvalue weighted by Gasteiger charge is -2.11. The number of nitrogens with zero attached hydrogens (tertiary/aromatic N) is 1. The molecule has 1 aromatic rings. The van der Waals surface area contributed by atoms with Crippen LogP contribution in [0.1, 0.15) is 25.0 Å². The Morgan fingerprint density at radius 1 is 1.46 bits per heavy atom. The van der Waals surface area contributed by atoms with Crippen molar-refractivity contribution in [2.45, 2.75) is 19.4 Å². The third-order valence-electron chi connectivity index (χ3n) is 1.76. The lowest BCUT2D eigenvalue weighted by atomic mass is 10.1. The van der Waals surface area contributed by atoms with Gasteiger partial charge in [0, 0.05) is 0 Å². The van der Waals surface area contributed by atoms with Gasteiger partial charge in [-0.25, -0.2) is 0 Å². The molecule has 0 N–H and O–H groups in total. The van der Waals surface area contributed by atoms with Crippen molar-refractivity contribution in [1.82, 2.24) is 0 Å². The Hall–Kier alpha value is -1.58. The molecule has 0 bridgehead atoms. The van der Waals surface area contributed by atoms with Crippen LogP contribution in [-0.4, -0.2) is 5.09 Å². The van der Waals surface area contributed by atoms with Gasteiger partial charge in [-0.2, -0.15) is 0 Å². The number of benzene rings is 1. The van der Waals surface area contributed by atoms with Crippen LogP contribution in [0.2, 0.25) is 0 Å². The van der Waals surface area contributed by atoms with Crippen molar-refractivity contribution in [2.24, 2.45) is 0 Å². The molecule has 1 unspecified atom stereocenters. The second kappa shape index (κ2) is 4.45. The van der Waals surface area contributed by atoms with E-state index in [1.54, 1.807) is 0 Å². The predicted molar refractivity (Wildman–Crippen MR) is 47.6 cm³/mol. The van der Waals surface area contributed by atoms with Crippen molar-refractivity contribution in [3.05, 3.63) is 46.0 Å². The lowest BCUT2D eigenvalue weighted by Crippen LogP contribution is -2.08. The first-order valence-electron chi connectivity index (χ1n) is 4.10. The first-order valence-corrected chi connectivity index (χ1v) is 4.10. The van der Waals surface area contributed by atoms with Crippen molar-refractivity contribution in [2.75, 3.05) is 0 Å². The highest BCUT2D eigenvalue weighted by molar-refractivity contribution is 5.17. The summed E-state index contributed by atoms with van der Waals surface area (Å²) < 4.78 is 0. The summed E-state index contributed by atoms with van der Waals surface area (Å²) >= 11 is 0. The summed E-state index contributed by atoms with van der Waals surface area (Å²) in [6.45, 7) is 1.85. The smallest absolute Gasteiger partial charge is 0.295 e. The van der Waals surface area contributed by atoms with Crippen molar-refractivity contribution in [1.29, 1.82) is 0 Å². The van der Waals surface area contributed by atoms with Gasteiger partial charge in [-0.15, -0.1) is 10.1 Å². The molecule has 0 heterocycles. The zero-order valence-corrected chi connectivity index (χ0v) is 7.34. The summed E-state index contributed by atoms with van der Waals surface area (Å²) in [4.78, 5) is 14.6. The molecule has 0 saturated carbocycles. The van der Waals surface area contributed by atoms with E-state index in [9.17, 15) is 10.1 Å². The molecule has 70 valence electrons. The molecule has 0 aliphatic heterocycles. The topological polar surface area (TPSA) is 52.4 Å². The van der Waals surface area contributed by atoms with Gasteiger partial charge in [0.05, 0.1) is 0 Å². The highest BCUT2D eigenvalue weighted by Crippen LogP contribution is 2.19. The first kappa shape index (κ1) is 9.51. The SMILES string of the molecule is CCC(O[N+](=O)[O-])c1ccccc1. The van der Waals surface area contributed by atoms with Crippen LogP contribution < -0.4 is 0 Å². The van der Waals surface area contributed by atoms with Crippen LogP contribution in [0.3, 0.4) is 0 Å². The van der Waals surface area contributed by atoms with Crippen molar-refractivity contribution < 1.29 is 9.92 Å². The average molecular weight is 181 g/mol. The summed E-state index contributed by atoms with van der Waals surface area (Å²) in [5.41, 5.74) is 0.835. The Balaban J connectivity index is 2.73. The monoisotopic (exact) mass is 181 g/mol. The zero-order valence-electron chi connectivity index (χ0n) is 7.34. The van der Waals surface area contributed by atoms with E-state index < -0.39 is 11.2 Å². The summed E-state index contributed by atoms with van der Waals surface area (Å²) in [7, 11) is 0. The Morgan fingerprint density at radius 3 is 2.54 bits per heavy atom. The van der Waals surface area contributed by atoms with E-state index >= 15 is 0 Å². The molecule has 1 rings (SSSR count). The molecular weight excluding hydrogens is 170 g/mol. The number of rotatable bonds is 4. The second-order valence-electron chi connectivity index (χ2n) is 2.64. The van der Waals surface area contributed by atoms with Gasteiger partial charge in [0.15, 0.2) is 0 Å². The van der Waals surface area contributed by atoms with Gasteiger partial charge in [0.2, 0.25) is 0 Å². The minimum Gasteiger partial charge on any atom is -0.306 e. The van der Waals surface area contributed by atoms with E-state index in [4.69, 9.17) is 0 Å². The van der Waals surface area contributed by atoms with Crippen LogP contribution in [0.5, 0.6) is 0 Å². The Morgan fingerprint density at radius 2 is 2.08 bits per heavy atom. The molecule has 0 aromatic heterocycles. The van der Waals surface area contributed by atoms with E-state index in [2.05, 4.69) is 4.84 Å². The highest BCUT2D eigenvalue weighted by atomic mass is 17.0. The molecule has 0 radical (unpaired) electrons. The van der Waals surface area contributed by atoms with Crippen molar-refractivity contribution in [3.63, 3.8) is 0 Å². The average Bonchev–Trinajstić information content (AvgIpc) is 2.15. The molecule has 0 aliphatic rings. The van der Waals surface area contributed by atoms with Crippen molar-refractivity contribution >= 4 is 0 Å². The fourth-order valence-corrected chi connectivity index (χ4v) is 1.14. The molecule has 0 aliphatic carbocycles. The molecule has 4 nitrogen and oxygen atoms in total. The maximum atomic E-state index is 10.1. The zero-order chi connectivity index (χ0) is 9.68. The van der Waals surface area contributed by atoms with Crippen LogP contribution in [0.4, 0.5) is 0 Å². The molecule has 0 saturated heterocycles. The maximum absolute atomic E-state index is 10.1. The molecule has 1 aromatic carbocycles. The quantitative estimate of drug-likeness (QED) is 0.529. The molecule has 13 heavy (non-hydrogen) atoms. The molecule has 0 spiro atoms. The number of hydrogen-bond donors (Lipinski definition) is 0. The minimum absolute atomic E-state index is 0.448. The third kappa shape index (κ3) is 2.74. The van der Waals surface area contributed by atoms with Gasteiger partial charge in [-0.05, 0) is 12.0 Å². The summed E-state index contributed by atoms with van der Waals surface area (Å²) in [6.07, 6.45) is 0.140. The van der Waals surface area contributed by atoms with Gasteiger partial charge >= 0.3 is 0 Å². The summed E-state index contributed by atoms with van der Waals surface area (Å²) in [5, 5.41) is 9.38. The first-order chi connectivity index (χ1) is 6.24. The van der Waals surface area contributed by atoms with E-state index in [0.29, 0.717) is 6.42 Å². The van der Waals surface area contributed by atoms with Crippen LogP contribution in [0.15, 0.2) is 30.3 Å². The predicted octanol–water partition coefficient (Wildman–Crippen LogP) is 2.35. The van der Waals surface area contributed by atoms with Gasteiger partial charge < -0.3 is 4.84 Å².